The van der Waals surface area contributed by atoms with Crippen LogP contribution in [0.1, 0.15) is 84.2 Å². The van der Waals surface area contributed by atoms with Crippen molar-refractivity contribution in [2.45, 2.75) is 82.9 Å². The van der Waals surface area contributed by atoms with Gasteiger partial charge in [-0.15, -0.1) is 0 Å². The maximum absolute atomic E-state index is 13.4. The van der Waals surface area contributed by atoms with Crippen LogP contribution >= 0.6 is 0 Å². The molecule has 3 heterocycles. The fourth-order valence-corrected chi connectivity index (χ4v) is 5.07. The van der Waals surface area contributed by atoms with Crippen LogP contribution in [-0.2, 0) is 17.7 Å². The first-order chi connectivity index (χ1) is 17.5. The number of rotatable bonds is 8. The third-order valence-electron chi connectivity index (χ3n) is 7.21. The predicted molar refractivity (Wildman–Crippen MR) is 138 cm³/mol. The van der Waals surface area contributed by atoms with Crippen LogP contribution in [0.25, 0.3) is 0 Å². The van der Waals surface area contributed by atoms with Gasteiger partial charge in [0.15, 0.2) is 0 Å². The third-order valence-corrected chi connectivity index (χ3v) is 7.21. The average molecular weight is 495 g/mol. The van der Waals surface area contributed by atoms with E-state index < -0.39 is 17.2 Å². The van der Waals surface area contributed by atoms with Gasteiger partial charge in [0.1, 0.15) is 11.1 Å². The molecule has 8 nitrogen and oxygen atoms in total. The number of ether oxygens (including phenoxy) is 1. The van der Waals surface area contributed by atoms with Gasteiger partial charge in [-0.25, -0.2) is 0 Å². The first-order valence-corrected chi connectivity index (χ1v) is 13.3. The van der Waals surface area contributed by atoms with Crippen LogP contribution in [0.2, 0.25) is 0 Å². The molecule has 1 atom stereocenters. The summed E-state index contributed by atoms with van der Waals surface area (Å²) in [5, 5.41) is 3.09. The molecule has 2 amide bonds. The van der Waals surface area contributed by atoms with Gasteiger partial charge in [-0.1, -0.05) is 38.2 Å². The van der Waals surface area contributed by atoms with Gasteiger partial charge in [-0.3, -0.25) is 19.4 Å². The number of aromatic nitrogens is 2. The molecule has 2 aromatic rings. The van der Waals surface area contributed by atoms with Gasteiger partial charge >= 0.3 is 0 Å². The zero-order valence-corrected chi connectivity index (χ0v) is 21.3. The Morgan fingerprint density at radius 2 is 1.81 bits per heavy atom. The minimum Gasteiger partial charge on any atom is -0.376 e. The third kappa shape index (κ3) is 7.03. The van der Waals surface area contributed by atoms with E-state index in [0.717, 1.165) is 44.2 Å². The lowest BCUT2D eigenvalue weighted by Gasteiger charge is -2.22. The van der Waals surface area contributed by atoms with Crippen molar-refractivity contribution in [2.75, 3.05) is 20.2 Å². The number of carbonyl (C=O) groups is 2. The number of hydrogen-bond donors (Lipinski definition) is 1. The molecule has 1 saturated heterocycles. The molecule has 1 aliphatic carbocycles. The summed E-state index contributed by atoms with van der Waals surface area (Å²) in [6, 6.07) is 5.73. The van der Waals surface area contributed by atoms with Gasteiger partial charge in [0.2, 0.25) is 5.43 Å². The Balaban J connectivity index is 1.55. The second-order valence-corrected chi connectivity index (χ2v) is 10.1. The second kappa shape index (κ2) is 12.8. The first-order valence-electron chi connectivity index (χ1n) is 13.3. The summed E-state index contributed by atoms with van der Waals surface area (Å²) in [6.07, 6.45) is 15.0. The maximum atomic E-state index is 13.4. The highest BCUT2D eigenvalue weighted by molar-refractivity contribution is 5.99. The van der Waals surface area contributed by atoms with Crippen LogP contribution in [0.4, 0.5) is 0 Å². The molecule has 1 N–H and O–H groups in total. The molecule has 194 valence electrons. The Bertz CT molecular complexity index is 1070. The molecule has 2 aromatic heterocycles. The summed E-state index contributed by atoms with van der Waals surface area (Å²) in [5.41, 5.74) is 0.401. The van der Waals surface area contributed by atoms with E-state index in [1.807, 2.05) is 18.2 Å². The molecule has 1 aliphatic heterocycles. The minimum absolute atomic E-state index is 0.0128. The van der Waals surface area contributed by atoms with Crippen LogP contribution < -0.4 is 10.7 Å². The Kier molecular flexibility index (Phi) is 9.28. The standard InChI is InChI=1S/C28H38N4O4/c1-31(16-14-21-10-7-8-15-29-21)28(35)25-20-32(18-23-13-9-17-36-23)19-24(26(25)33)27(34)30-22-11-5-3-2-4-6-12-22/h7-8,10,15,19-20,22-23H,2-6,9,11-14,16-18H2,1H3,(H,30,34)/t23-/m0/s1. The first kappa shape index (κ1) is 26.1. The fourth-order valence-electron chi connectivity index (χ4n) is 5.07. The van der Waals surface area contributed by atoms with E-state index in [9.17, 15) is 14.4 Å². The molecule has 1 saturated carbocycles. The quantitative estimate of drug-likeness (QED) is 0.606. The van der Waals surface area contributed by atoms with Gasteiger partial charge < -0.3 is 19.5 Å². The van der Waals surface area contributed by atoms with Crippen LogP contribution in [0.15, 0.2) is 41.6 Å². The molecular formula is C28H38N4O4. The van der Waals surface area contributed by atoms with E-state index in [0.29, 0.717) is 26.1 Å². The minimum atomic E-state index is -0.517. The molecule has 2 fully saturated rings. The van der Waals surface area contributed by atoms with E-state index in [1.165, 1.54) is 24.2 Å². The maximum Gasteiger partial charge on any atom is 0.259 e. The Morgan fingerprint density at radius 1 is 1.06 bits per heavy atom. The summed E-state index contributed by atoms with van der Waals surface area (Å²) in [7, 11) is 1.68. The number of nitrogens with zero attached hydrogens (tertiary/aromatic N) is 3. The Morgan fingerprint density at radius 3 is 2.50 bits per heavy atom. The Labute approximate surface area is 213 Å². The van der Waals surface area contributed by atoms with E-state index >= 15 is 0 Å². The van der Waals surface area contributed by atoms with Crippen LogP contribution in [0.3, 0.4) is 0 Å². The molecule has 2 aliphatic rings. The van der Waals surface area contributed by atoms with E-state index in [4.69, 9.17) is 4.74 Å². The number of likely N-dealkylation sites (N-methyl/N-ethyl adjacent to an activating group) is 1. The summed E-state index contributed by atoms with van der Waals surface area (Å²) in [6.45, 7) is 1.63. The number of carbonyl (C=O) groups excluding carboxylic acids is 2. The zero-order chi connectivity index (χ0) is 25.3. The topological polar surface area (TPSA) is 93.5 Å². The van der Waals surface area contributed by atoms with Crippen LogP contribution in [0, 0.1) is 0 Å². The van der Waals surface area contributed by atoms with Gasteiger partial charge in [-0.05, 0) is 37.8 Å². The molecule has 8 heteroatoms. The van der Waals surface area contributed by atoms with E-state index in [-0.39, 0.29) is 23.3 Å². The van der Waals surface area contributed by atoms with Crippen molar-refractivity contribution in [1.29, 1.82) is 0 Å². The molecule has 36 heavy (non-hydrogen) atoms. The molecule has 0 radical (unpaired) electrons. The largest absolute Gasteiger partial charge is 0.376 e. The summed E-state index contributed by atoms with van der Waals surface area (Å²) < 4.78 is 7.55. The molecule has 0 bridgehead atoms. The van der Waals surface area contributed by atoms with Crippen molar-refractivity contribution in [3.8, 4) is 0 Å². The van der Waals surface area contributed by atoms with Crippen LogP contribution in [0.5, 0.6) is 0 Å². The van der Waals surface area contributed by atoms with Gasteiger partial charge in [0, 0.05) is 63.5 Å². The molecular weight excluding hydrogens is 456 g/mol. The van der Waals surface area contributed by atoms with Crippen LogP contribution in [-0.4, -0.2) is 58.6 Å². The summed E-state index contributed by atoms with van der Waals surface area (Å²) >= 11 is 0. The van der Waals surface area contributed by atoms with Crippen molar-refractivity contribution >= 4 is 11.8 Å². The summed E-state index contributed by atoms with van der Waals surface area (Å²) in [5.74, 6) is -0.782. The lowest BCUT2D eigenvalue weighted by molar-refractivity contribution is 0.0790. The SMILES string of the molecule is CN(CCc1ccccn1)C(=O)c1cn(C[C@@H]2CCCO2)cc(C(=O)NC2CCCCCCC2)c1=O. The van der Waals surface area contributed by atoms with Crippen molar-refractivity contribution in [3.63, 3.8) is 0 Å². The van der Waals surface area contributed by atoms with Crippen molar-refractivity contribution in [1.82, 2.24) is 19.8 Å². The van der Waals surface area contributed by atoms with Crippen molar-refractivity contribution < 1.29 is 14.3 Å². The predicted octanol–water partition coefficient (Wildman–Crippen LogP) is 3.58. The highest BCUT2D eigenvalue weighted by Crippen LogP contribution is 2.18. The lowest BCUT2D eigenvalue weighted by Crippen LogP contribution is -2.40. The number of hydrogen-bond acceptors (Lipinski definition) is 5. The monoisotopic (exact) mass is 494 g/mol. The summed E-state index contributed by atoms with van der Waals surface area (Å²) in [4.78, 5) is 45.9. The van der Waals surface area contributed by atoms with Gasteiger partial charge in [-0.2, -0.15) is 0 Å². The highest BCUT2D eigenvalue weighted by Gasteiger charge is 2.25. The highest BCUT2D eigenvalue weighted by atomic mass is 16.5. The van der Waals surface area contributed by atoms with E-state index in [1.54, 1.807) is 30.2 Å². The average Bonchev–Trinajstić information content (AvgIpc) is 3.38. The van der Waals surface area contributed by atoms with Crippen molar-refractivity contribution in [2.24, 2.45) is 0 Å². The zero-order valence-electron chi connectivity index (χ0n) is 21.3. The second-order valence-electron chi connectivity index (χ2n) is 10.1. The van der Waals surface area contributed by atoms with Crippen molar-refractivity contribution in [3.05, 3.63) is 63.8 Å². The Hall–Kier alpha value is -3.00. The molecule has 0 unspecified atom stereocenters. The number of pyridine rings is 2. The molecule has 0 aromatic carbocycles. The van der Waals surface area contributed by atoms with E-state index in [2.05, 4.69) is 10.3 Å². The van der Waals surface area contributed by atoms with Gasteiger partial charge in [0.05, 0.1) is 6.10 Å². The van der Waals surface area contributed by atoms with Gasteiger partial charge in [0.25, 0.3) is 11.8 Å². The fraction of sp³-hybridized carbons (Fsp3) is 0.571. The molecule has 0 spiro atoms. The smallest absolute Gasteiger partial charge is 0.259 e. The normalized spacial score (nSPS) is 18.9. The number of amides is 2. The molecule has 4 rings (SSSR count). The number of nitrogens with one attached hydrogen (secondary N) is 1. The lowest BCUT2D eigenvalue weighted by atomic mass is 9.96.